The molecule has 2 aromatic carbocycles. The van der Waals surface area contributed by atoms with Crippen LogP contribution in [0.2, 0.25) is 5.02 Å². The maximum absolute atomic E-state index is 12.4. The Kier molecular flexibility index (Phi) is 6.96. The summed E-state index contributed by atoms with van der Waals surface area (Å²) in [5, 5.41) is 0.751. The topological polar surface area (TPSA) is 42.0 Å². The Hall–Kier alpha value is -2.24. The van der Waals surface area contributed by atoms with Crippen molar-refractivity contribution in [3.63, 3.8) is 0 Å². The second-order valence-electron chi connectivity index (χ2n) is 6.48. The van der Waals surface area contributed by atoms with Crippen LogP contribution in [0.15, 0.2) is 48.5 Å². The van der Waals surface area contributed by atoms with Crippen molar-refractivity contribution in [2.75, 3.05) is 39.4 Å². The number of piperazine rings is 1. The molecule has 0 unspecified atom stereocenters. The Bertz CT molecular complexity index is 743. The molecule has 3 rings (SSSR count). The van der Waals surface area contributed by atoms with Gasteiger partial charge in [0.15, 0.2) is 6.61 Å². The van der Waals surface area contributed by atoms with Crippen molar-refractivity contribution in [1.82, 2.24) is 9.80 Å². The molecule has 0 aliphatic carbocycles. The van der Waals surface area contributed by atoms with Gasteiger partial charge in [-0.3, -0.25) is 9.69 Å². The molecule has 1 aliphatic heterocycles. The summed E-state index contributed by atoms with van der Waals surface area (Å²) >= 11 is 5.93. The van der Waals surface area contributed by atoms with E-state index in [-0.39, 0.29) is 12.5 Å². The summed E-state index contributed by atoms with van der Waals surface area (Å²) in [6.45, 7) is 6.60. The Morgan fingerprint density at radius 1 is 1.00 bits per heavy atom. The SMILES string of the molecule is CCOc1cccc(OCC(=O)N2CCN(Cc3ccc(Cl)cc3)CC2)c1. The first-order chi connectivity index (χ1) is 13.1. The van der Waals surface area contributed by atoms with E-state index in [9.17, 15) is 4.79 Å². The minimum Gasteiger partial charge on any atom is -0.494 e. The molecule has 0 saturated carbocycles. The maximum Gasteiger partial charge on any atom is 0.260 e. The van der Waals surface area contributed by atoms with E-state index in [0.717, 1.165) is 43.5 Å². The van der Waals surface area contributed by atoms with Gasteiger partial charge in [-0.15, -0.1) is 0 Å². The first-order valence-corrected chi connectivity index (χ1v) is 9.62. The van der Waals surface area contributed by atoms with Crippen LogP contribution in [0.4, 0.5) is 0 Å². The Labute approximate surface area is 165 Å². The Morgan fingerprint density at radius 3 is 2.33 bits per heavy atom. The van der Waals surface area contributed by atoms with Gasteiger partial charge >= 0.3 is 0 Å². The van der Waals surface area contributed by atoms with Crippen molar-refractivity contribution in [3.05, 3.63) is 59.1 Å². The second-order valence-corrected chi connectivity index (χ2v) is 6.92. The van der Waals surface area contributed by atoms with Crippen molar-refractivity contribution in [2.45, 2.75) is 13.5 Å². The molecular weight excluding hydrogens is 364 g/mol. The normalized spacial score (nSPS) is 14.8. The number of benzene rings is 2. The fourth-order valence-corrected chi connectivity index (χ4v) is 3.19. The molecule has 1 heterocycles. The van der Waals surface area contributed by atoms with Gasteiger partial charge in [0, 0.05) is 43.8 Å². The van der Waals surface area contributed by atoms with Crippen molar-refractivity contribution in [3.8, 4) is 11.5 Å². The van der Waals surface area contributed by atoms with Crippen LogP contribution in [0, 0.1) is 0 Å². The van der Waals surface area contributed by atoms with E-state index >= 15 is 0 Å². The van der Waals surface area contributed by atoms with Gasteiger partial charge in [-0.1, -0.05) is 29.8 Å². The monoisotopic (exact) mass is 388 g/mol. The number of hydrogen-bond acceptors (Lipinski definition) is 4. The fourth-order valence-electron chi connectivity index (χ4n) is 3.06. The highest BCUT2D eigenvalue weighted by Gasteiger charge is 2.21. The highest BCUT2D eigenvalue weighted by molar-refractivity contribution is 6.30. The standard InChI is InChI=1S/C21H25ClN2O3/c1-2-26-19-4-3-5-20(14-19)27-16-21(25)24-12-10-23(11-13-24)15-17-6-8-18(22)9-7-17/h3-9,14H,2,10-13,15-16H2,1H3. The van der Waals surface area contributed by atoms with Gasteiger partial charge in [-0.25, -0.2) is 0 Å². The number of ether oxygens (including phenoxy) is 2. The average molecular weight is 389 g/mol. The number of amides is 1. The van der Waals surface area contributed by atoms with Crippen molar-refractivity contribution >= 4 is 17.5 Å². The van der Waals surface area contributed by atoms with E-state index < -0.39 is 0 Å². The molecule has 5 nitrogen and oxygen atoms in total. The molecule has 27 heavy (non-hydrogen) atoms. The van der Waals surface area contributed by atoms with Crippen LogP contribution in [-0.4, -0.2) is 55.1 Å². The van der Waals surface area contributed by atoms with E-state index in [4.69, 9.17) is 21.1 Å². The number of halogens is 1. The summed E-state index contributed by atoms with van der Waals surface area (Å²) in [7, 11) is 0. The summed E-state index contributed by atoms with van der Waals surface area (Å²) in [4.78, 5) is 16.6. The minimum absolute atomic E-state index is 0.0166. The summed E-state index contributed by atoms with van der Waals surface area (Å²) in [5.74, 6) is 1.41. The molecule has 2 aromatic rings. The second kappa shape index (κ2) is 9.62. The lowest BCUT2D eigenvalue weighted by Gasteiger charge is -2.34. The molecule has 0 N–H and O–H groups in total. The molecule has 0 aromatic heterocycles. The van der Waals surface area contributed by atoms with Crippen molar-refractivity contribution in [1.29, 1.82) is 0 Å². The third-order valence-corrected chi connectivity index (χ3v) is 4.78. The Balaban J connectivity index is 1.43. The number of carbonyl (C=O) groups excluding carboxylic acids is 1. The van der Waals surface area contributed by atoms with Gasteiger partial charge in [0.2, 0.25) is 0 Å². The summed E-state index contributed by atoms with van der Waals surface area (Å²) in [5.41, 5.74) is 1.23. The molecule has 1 saturated heterocycles. The van der Waals surface area contributed by atoms with E-state index in [2.05, 4.69) is 4.90 Å². The van der Waals surface area contributed by atoms with Crippen molar-refractivity contribution in [2.24, 2.45) is 0 Å². The van der Waals surface area contributed by atoms with E-state index in [0.29, 0.717) is 12.4 Å². The quantitative estimate of drug-likeness (QED) is 0.728. The van der Waals surface area contributed by atoms with Crippen LogP contribution >= 0.6 is 11.6 Å². The highest BCUT2D eigenvalue weighted by Crippen LogP contribution is 2.19. The number of carbonyl (C=O) groups is 1. The number of hydrogen-bond donors (Lipinski definition) is 0. The zero-order valence-corrected chi connectivity index (χ0v) is 16.3. The smallest absolute Gasteiger partial charge is 0.260 e. The molecule has 6 heteroatoms. The van der Waals surface area contributed by atoms with E-state index in [1.807, 2.05) is 54.3 Å². The molecule has 0 spiro atoms. The molecule has 1 fully saturated rings. The zero-order valence-electron chi connectivity index (χ0n) is 15.6. The molecule has 0 radical (unpaired) electrons. The lowest BCUT2D eigenvalue weighted by molar-refractivity contribution is -0.135. The molecule has 1 amide bonds. The molecule has 144 valence electrons. The zero-order chi connectivity index (χ0) is 19.1. The minimum atomic E-state index is 0.0166. The Morgan fingerprint density at radius 2 is 1.67 bits per heavy atom. The van der Waals surface area contributed by atoms with Crippen LogP contribution < -0.4 is 9.47 Å². The molecular formula is C21H25ClN2O3. The first kappa shape index (κ1) is 19.5. The third kappa shape index (κ3) is 5.88. The molecule has 0 atom stereocenters. The van der Waals surface area contributed by atoms with E-state index in [1.165, 1.54) is 5.56 Å². The van der Waals surface area contributed by atoms with Crippen LogP contribution in [0.25, 0.3) is 0 Å². The van der Waals surface area contributed by atoms with Gasteiger partial charge in [0.05, 0.1) is 6.61 Å². The number of rotatable bonds is 7. The maximum atomic E-state index is 12.4. The molecule has 0 bridgehead atoms. The first-order valence-electron chi connectivity index (χ1n) is 9.24. The summed E-state index contributed by atoms with van der Waals surface area (Å²) in [6.07, 6.45) is 0. The van der Waals surface area contributed by atoms with Gasteiger partial charge in [-0.05, 0) is 36.8 Å². The van der Waals surface area contributed by atoms with Crippen molar-refractivity contribution < 1.29 is 14.3 Å². The van der Waals surface area contributed by atoms with Crippen LogP contribution in [0.1, 0.15) is 12.5 Å². The van der Waals surface area contributed by atoms with Crippen LogP contribution in [0.5, 0.6) is 11.5 Å². The predicted molar refractivity (Wildman–Crippen MR) is 106 cm³/mol. The van der Waals surface area contributed by atoms with E-state index in [1.54, 1.807) is 6.07 Å². The largest absolute Gasteiger partial charge is 0.494 e. The fraction of sp³-hybridized carbons (Fsp3) is 0.381. The lowest BCUT2D eigenvalue weighted by atomic mass is 10.2. The third-order valence-electron chi connectivity index (χ3n) is 4.52. The molecule has 1 aliphatic rings. The van der Waals surface area contributed by atoms with Gasteiger partial charge < -0.3 is 14.4 Å². The highest BCUT2D eigenvalue weighted by atomic mass is 35.5. The predicted octanol–water partition coefficient (Wildman–Crippen LogP) is 3.46. The average Bonchev–Trinajstić information content (AvgIpc) is 2.69. The van der Waals surface area contributed by atoms with Crippen LogP contribution in [0.3, 0.4) is 0 Å². The summed E-state index contributed by atoms with van der Waals surface area (Å²) in [6, 6.07) is 15.3. The number of nitrogens with zero attached hydrogens (tertiary/aromatic N) is 2. The lowest BCUT2D eigenvalue weighted by Crippen LogP contribution is -2.49. The van der Waals surface area contributed by atoms with Gasteiger partial charge in [0.1, 0.15) is 11.5 Å². The van der Waals surface area contributed by atoms with Gasteiger partial charge in [-0.2, -0.15) is 0 Å². The van der Waals surface area contributed by atoms with Crippen LogP contribution in [-0.2, 0) is 11.3 Å². The van der Waals surface area contributed by atoms with Gasteiger partial charge in [0.25, 0.3) is 5.91 Å². The summed E-state index contributed by atoms with van der Waals surface area (Å²) < 4.78 is 11.1.